The number of nitrogens with two attached hydrogens (primary N) is 1. The van der Waals surface area contributed by atoms with Crippen LogP contribution in [-0.4, -0.2) is 65.6 Å². The molecule has 3 aromatic rings. The van der Waals surface area contributed by atoms with Gasteiger partial charge in [-0.1, -0.05) is 18.2 Å². The number of aromatic nitrogens is 2. The Bertz CT molecular complexity index is 1480. The van der Waals surface area contributed by atoms with Crippen LogP contribution in [0.5, 0.6) is 0 Å². The molecule has 210 valence electrons. The molecule has 40 heavy (non-hydrogen) atoms. The van der Waals surface area contributed by atoms with E-state index in [-0.39, 0.29) is 35.7 Å². The number of nitrogen functional groups attached to an aromatic ring is 1. The number of fused-ring (bicyclic) bond motifs is 1. The molecular weight excluding hydrogens is 529 g/mol. The number of nitrogens with one attached hydrogen (secondary N) is 2. The Morgan fingerprint density at radius 2 is 2.00 bits per heavy atom. The van der Waals surface area contributed by atoms with E-state index in [0.29, 0.717) is 18.7 Å². The molecule has 0 radical (unpaired) electrons. The number of carbonyl (C=O) groups excluding carboxylic acids is 1. The number of carbonyl (C=O) groups is 2. The van der Waals surface area contributed by atoms with Crippen LogP contribution in [0.4, 0.5) is 35.0 Å². The number of pyridine rings is 2. The lowest BCUT2D eigenvalue weighted by Gasteiger charge is -2.40. The molecule has 2 aromatic heterocycles. The molecule has 2 amide bonds. The lowest BCUT2D eigenvalue weighted by Crippen LogP contribution is -2.53. The Morgan fingerprint density at radius 1 is 1.18 bits per heavy atom. The Hall–Kier alpha value is -4.39. The molecule has 5 rings (SSSR count). The first-order valence-corrected chi connectivity index (χ1v) is 12.6. The molecule has 1 aromatic carbocycles. The summed E-state index contributed by atoms with van der Waals surface area (Å²) in [6.45, 7) is 0.714. The van der Waals surface area contributed by atoms with E-state index < -0.39 is 36.7 Å². The summed E-state index contributed by atoms with van der Waals surface area (Å²) in [5.41, 5.74) is 9.30. The summed E-state index contributed by atoms with van der Waals surface area (Å²) in [5.74, 6) is -2.43. The van der Waals surface area contributed by atoms with E-state index in [1.807, 2.05) is 24.3 Å². The number of piperidine rings is 1. The summed E-state index contributed by atoms with van der Waals surface area (Å²) < 4.78 is 46.4. The fraction of sp³-hybridized carbons (Fsp3) is 0.333. The van der Waals surface area contributed by atoms with Crippen molar-refractivity contribution in [2.75, 3.05) is 42.3 Å². The van der Waals surface area contributed by atoms with Crippen LogP contribution in [0.25, 0.3) is 16.5 Å². The van der Waals surface area contributed by atoms with Gasteiger partial charge in [0, 0.05) is 24.7 Å². The average Bonchev–Trinajstić information content (AvgIpc) is 2.92. The maximum Gasteiger partial charge on any atom is 0.404 e. The highest BCUT2D eigenvalue weighted by atomic mass is 19.4. The number of nitrogens with zero attached hydrogens (tertiary/aromatic N) is 3. The molecule has 0 saturated carbocycles. The van der Waals surface area contributed by atoms with E-state index in [9.17, 15) is 22.8 Å². The molecule has 4 heterocycles. The van der Waals surface area contributed by atoms with Gasteiger partial charge in [-0.25, -0.2) is 9.78 Å². The summed E-state index contributed by atoms with van der Waals surface area (Å²) >= 11 is 0. The van der Waals surface area contributed by atoms with Crippen LogP contribution in [0, 0.1) is 5.92 Å². The Labute approximate surface area is 227 Å². The average molecular weight is 557 g/mol. The monoisotopic (exact) mass is 556 g/mol. The van der Waals surface area contributed by atoms with Crippen molar-refractivity contribution in [3.05, 3.63) is 60.1 Å². The number of carboxylic acid groups (broad SMARTS) is 1. The summed E-state index contributed by atoms with van der Waals surface area (Å²) in [6, 6.07) is 7.86. The molecule has 1 saturated heterocycles. The van der Waals surface area contributed by atoms with Gasteiger partial charge in [0.25, 0.3) is 5.91 Å². The van der Waals surface area contributed by atoms with Gasteiger partial charge in [-0.05, 0) is 42.2 Å². The summed E-state index contributed by atoms with van der Waals surface area (Å²) in [6.07, 6.45) is -0.871. The van der Waals surface area contributed by atoms with Gasteiger partial charge in [-0.3, -0.25) is 9.78 Å². The molecule has 5 N–H and O–H groups in total. The van der Waals surface area contributed by atoms with Gasteiger partial charge in [0.2, 0.25) is 0 Å². The number of rotatable bonds is 5. The molecule has 0 spiro atoms. The maximum absolute atomic E-state index is 13.7. The van der Waals surface area contributed by atoms with E-state index in [4.69, 9.17) is 15.6 Å². The first-order chi connectivity index (χ1) is 19.1. The number of hydrogen-bond acceptors (Lipinski definition) is 7. The van der Waals surface area contributed by atoms with E-state index in [1.54, 1.807) is 6.07 Å². The van der Waals surface area contributed by atoms with Crippen molar-refractivity contribution >= 4 is 45.5 Å². The van der Waals surface area contributed by atoms with E-state index in [0.717, 1.165) is 22.9 Å². The molecule has 2 unspecified atom stereocenters. The van der Waals surface area contributed by atoms with Crippen molar-refractivity contribution in [1.29, 1.82) is 0 Å². The predicted molar refractivity (Wildman–Crippen MR) is 143 cm³/mol. The van der Waals surface area contributed by atoms with Crippen molar-refractivity contribution < 1.29 is 32.6 Å². The van der Waals surface area contributed by atoms with E-state index in [1.165, 1.54) is 23.4 Å². The highest BCUT2D eigenvalue weighted by Gasteiger charge is 2.45. The van der Waals surface area contributed by atoms with Crippen LogP contribution in [0.1, 0.15) is 28.9 Å². The number of benzene rings is 1. The number of hydrogen-bond donors (Lipinski definition) is 4. The molecule has 10 nitrogen and oxygen atoms in total. The smallest absolute Gasteiger partial charge is 0.404 e. The minimum atomic E-state index is -4.53. The zero-order valence-corrected chi connectivity index (χ0v) is 21.2. The number of alkyl halides is 3. The Morgan fingerprint density at radius 3 is 2.73 bits per heavy atom. The largest absolute Gasteiger partial charge is 0.465 e. The third-order valence-electron chi connectivity index (χ3n) is 7.02. The van der Waals surface area contributed by atoms with Crippen molar-refractivity contribution in [2.45, 2.75) is 25.1 Å². The normalized spacial score (nSPS) is 19.7. The number of halogens is 3. The molecule has 2 aliphatic heterocycles. The molecule has 0 aliphatic carbocycles. The van der Waals surface area contributed by atoms with Gasteiger partial charge in [0.05, 0.1) is 53.9 Å². The summed E-state index contributed by atoms with van der Waals surface area (Å²) in [7, 11) is 0. The second-order valence-electron chi connectivity index (χ2n) is 9.76. The number of anilines is 3. The molecule has 2 aliphatic rings. The van der Waals surface area contributed by atoms with Gasteiger partial charge in [0.15, 0.2) is 5.69 Å². The quantitative estimate of drug-likeness (QED) is 0.365. The Balaban J connectivity index is 1.43. The third kappa shape index (κ3) is 5.93. The first-order valence-electron chi connectivity index (χ1n) is 12.6. The van der Waals surface area contributed by atoms with Crippen molar-refractivity contribution in [1.82, 2.24) is 15.3 Å². The van der Waals surface area contributed by atoms with Gasteiger partial charge in [-0.2, -0.15) is 13.2 Å². The molecule has 13 heteroatoms. The van der Waals surface area contributed by atoms with Gasteiger partial charge in [-0.15, -0.1) is 0 Å². The van der Waals surface area contributed by atoms with Crippen LogP contribution in [0.3, 0.4) is 0 Å². The fourth-order valence-electron chi connectivity index (χ4n) is 5.11. The van der Waals surface area contributed by atoms with E-state index >= 15 is 0 Å². The van der Waals surface area contributed by atoms with E-state index in [2.05, 4.69) is 20.6 Å². The topological polar surface area (TPSA) is 143 Å². The van der Waals surface area contributed by atoms with Crippen LogP contribution < -0.4 is 21.3 Å². The van der Waals surface area contributed by atoms with Crippen molar-refractivity contribution in [2.24, 2.45) is 5.92 Å². The molecule has 2 atom stereocenters. The zero-order chi connectivity index (χ0) is 28.4. The van der Waals surface area contributed by atoms with Crippen molar-refractivity contribution in [3.8, 4) is 0 Å². The molecule has 1 fully saturated rings. The minimum Gasteiger partial charge on any atom is -0.465 e. The Kier molecular flexibility index (Phi) is 7.48. The van der Waals surface area contributed by atoms with Gasteiger partial charge < -0.3 is 31.1 Å². The third-order valence-corrected chi connectivity index (χ3v) is 7.02. The zero-order valence-electron chi connectivity index (χ0n) is 21.2. The summed E-state index contributed by atoms with van der Waals surface area (Å²) in [5, 5.41) is 14.7. The van der Waals surface area contributed by atoms with Crippen LogP contribution in [-0.2, 0) is 4.74 Å². The fourth-order valence-corrected chi connectivity index (χ4v) is 5.11. The molecule has 0 bridgehead atoms. The SMILES string of the molecule is Nc1cc2ccc(C3=CCOCC3)cc2nc1C(=O)Nc1cnccc1N1CC(NC(=O)O)CC(C(F)(F)F)C1. The van der Waals surface area contributed by atoms with Crippen LogP contribution >= 0.6 is 0 Å². The van der Waals surface area contributed by atoms with Crippen LogP contribution in [0.2, 0.25) is 0 Å². The van der Waals surface area contributed by atoms with Gasteiger partial charge >= 0.3 is 12.3 Å². The second kappa shape index (κ2) is 11.0. The first kappa shape index (κ1) is 27.2. The highest BCUT2D eigenvalue weighted by molar-refractivity contribution is 6.09. The van der Waals surface area contributed by atoms with Crippen molar-refractivity contribution in [3.63, 3.8) is 0 Å². The second-order valence-corrected chi connectivity index (χ2v) is 9.76. The minimum absolute atomic E-state index is 0.0220. The molecular formula is C27H27F3N6O4. The predicted octanol–water partition coefficient (Wildman–Crippen LogP) is 4.29. The number of amides is 2. The van der Waals surface area contributed by atoms with Crippen LogP contribution in [0.15, 0.2) is 48.8 Å². The standard InChI is InChI=1S/C27H27F3N6O4/c28-27(29,30)18-11-19(33-26(38)39)14-36(13-18)23-3-6-32-12-22(23)35-25(37)24-20(31)9-17-2-1-16(10-21(17)34-24)15-4-7-40-8-5-15/h1-4,6,9-10,12,18-19,33H,5,7-8,11,13-14,31H2,(H,35,37)(H,38,39). The lowest BCUT2D eigenvalue weighted by molar-refractivity contribution is -0.177. The highest BCUT2D eigenvalue weighted by Crippen LogP contribution is 2.37. The number of ether oxygens (including phenoxy) is 1. The maximum atomic E-state index is 13.7. The lowest BCUT2D eigenvalue weighted by atomic mass is 9.93. The van der Waals surface area contributed by atoms with Gasteiger partial charge in [0.1, 0.15) is 0 Å². The summed E-state index contributed by atoms with van der Waals surface area (Å²) in [4.78, 5) is 34.4.